The van der Waals surface area contributed by atoms with E-state index < -0.39 is 34.3 Å². The summed E-state index contributed by atoms with van der Waals surface area (Å²) in [7, 11) is 0. The quantitative estimate of drug-likeness (QED) is 0.344. The predicted molar refractivity (Wildman–Crippen MR) is 161 cm³/mol. The van der Waals surface area contributed by atoms with Gasteiger partial charge in [0.15, 0.2) is 0 Å². The fourth-order valence-corrected chi connectivity index (χ4v) is 6.37. The van der Waals surface area contributed by atoms with E-state index in [0.29, 0.717) is 50.2 Å². The number of alkyl carbamates (subject to hydrolysis) is 1. The molecule has 1 aliphatic heterocycles. The van der Waals surface area contributed by atoms with Crippen molar-refractivity contribution in [1.82, 2.24) is 15.5 Å². The molecule has 3 amide bonds. The largest absolute Gasteiger partial charge is 0.444 e. The first-order valence-electron chi connectivity index (χ1n) is 14.6. The highest BCUT2D eigenvalue weighted by Gasteiger charge is 2.51. The number of aliphatic hydroxyl groups is 1. The fraction of sp³-hybridized carbons (Fsp3) is 0.656. The maximum atomic E-state index is 13.8. The van der Waals surface area contributed by atoms with E-state index in [4.69, 9.17) is 16.3 Å². The second kappa shape index (κ2) is 12.3. The fourth-order valence-electron chi connectivity index (χ4n) is 6.25. The van der Waals surface area contributed by atoms with Gasteiger partial charge in [-0.1, -0.05) is 57.5 Å². The lowest BCUT2D eigenvalue weighted by Crippen LogP contribution is -2.60. The molecule has 9 heteroatoms. The van der Waals surface area contributed by atoms with Crippen molar-refractivity contribution >= 4 is 29.5 Å². The Hall–Kier alpha value is -2.58. The van der Waals surface area contributed by atoms with Crippen molar-refractivity contribution in [2.45, 2.75) is 103 Å². The predicted octanol–water partition coefficient (Wildman–Crippen LogP) is 5.57. The highest BCUT2D eigenvalue weighted by Crippen LogP contribution is 2.46. The van der Waals surface area contributed by atoms with E-state index >= 15 is 0 Å². The molecule has 228 valence electrons. The van der Waals surface area contributed by atoms with Crippen molar-refractivity contribution in [1.29, 1.82) is 0 Å². The number of ether oxygens (including phenoxy) is 1. The summed E-state index contributed by atoms with van der Waals surface area (Å²) in [5.74, 6) is -0.831. The number of piperidine rings is 1. The van der Waals surface area contributed by atoms with Gasteiger partial charge in [-0.3, -0.25) is 9.59 Å². The number of rotatable bonds is 8. The second-order valence-corrected chi connectivity index (χ2v) is 14.3. The molecular weight excluding hydrogens is 542 g/mol. The standard InChI is InChI=1S/C32H48ClN3O5/c1-9-15-31(35-28(39)41-29(4,5)6)16-14-22(19-31)26(37)34-25(21(2)3)27(38)36-18-17-32(40,30(7,8)20-36)23-10-12-24(33)13-11-23/h9-13,21-22,25,40H,1,14-20H2,2-8H3,(H,34,37)(H,35,39)/t22-,25-,31?,32+/m1/s1. The highest BCUT2D eigenvalue weighted by atomic mass is 35.5. The number of amides is 3. The Kier molecular flexibility index (Phi) is 9.91. The summed E-state index contributed by atoms with van der Waals surface area (Å²) >= 11 is 6.06. The number of hydrogen-bond donors (Lipinski definition) is 3. The molecule has 1 aromatic carbocycles. The molecule has 2 fully saturated rings. The highest BCUT2D eigenvalue weighted by molar-refractivity contribution is 6.30. The molecule has 8 nitrogen and oxygen atoms in total. The zero-order valence-corrected chi connectivity index (χ0v) is 26.4. The Balaban J connectivity index is 1.69. The summed E-state index contributed by atoms with van der Waals surface area (Å²) in [6, 6.07) is 6.51. The third-order valence-corrected chi connectivity index (χ3v) is 8.85. The summed E-state index contributed by atoms with van der Waals surface area (Å²) in [5.41, 5.74) is -2.23. The normalized spacial score (nSPS) is 26.8. The first-order chi connectivity index (χ1) is 18.9. The molecule has 1 aliphatic carbocycles. The first kappa shape index (κ1) is 32.9. The summed E-state index contributed by atoms with van der Waals surface area (Å²) in [4.78, 5) is 41.6. The number of likely N-dealkylation sites (tertiary alicyclic amines) is 1. The van der Waals surface area contributed by atoms with E-state index in [9.17, 15) is 19.5 Å². The van der Waals surface area contributed by atoms with E-state index in [1.165, 1.54) is 0 Å². The average molecular weight is 590 g/mol. The van der Waals surface area contributed by atoms with Crippen LogP contribution in [0.2, 0.25) is 5.02 Å². The van der Waals surface area contributed by atoms with Gasteiger partial charge >= 0.3 is 6.09 Å². The van der Waals surface area contributed by atoms with Crippen molar-refractivity contribution in [3.05, 3.63) is 47.5 Å². The van der Waals surface area contributed by atoms with E-state index in [1.807, 2.05) is 60.6 Å². The number of carbonyl (C=O) groups is 3. The molecule has 3 rings (SSSR count). The van der Waals surface area contributed by atoms with Crippen molar-refractivity contribution in [3.8, 4) is 0 Å². The summed E-state index contributed by atoms with van der Waals surface area (Å²) in [6.45, 7) is 17.7. The Labute approximate surface area is 250 Å². The lowest BCUT2D eigenvalue weighted by Gasteiger charge is -2.51. The van der Waals surface area contributed by atoms with Gasteiger partial charge in [0.25, 0.3) is 0 Å². The number of carbonyl (C=O) groups excluding carboxylic acids is 3. The average Bonchev–Trinajstić information content (AvgIpc) is 3.26. The Morgan fingerprint density at radius 1 is 1.20 bits per heavy atom. The van der Waals surface area contributed by atoms with Gasteiger partial charge in [0.2, 0.25) is 11.8 Å². The third-order valence-electron chi connectivity index (χ3n) is 8.59. The van der Waals surface area contributed by atoms with Crippen LogP contribution >= 0.6 is 11.6 Å². The van der Waals surface area contributed by atoms with Crippen molar-refractivity contribution < 1.29 is 24.2 Å². The van der Waals surface area contributed by atoms with Crippen LogP contribution in [0.5, 0.6) is 0 Å². The molecule has 1 saturated carbocycles. The number of nitrogens with one attached hydrogen (secondary N) is 2. The van der Waals surface area contributed by atoms with Crippen LogP contribution < -0.4 is 10.6 Å². The van der Waals surface area contributed by atoms with E-state index in [2.05, 4.69) is 17.2 Å². The van der Waals surface area contributed by atoms with E-state index in [0.717, 1.165) is 5.56 Å². The molecule has 1 saturated heterocycles. The lowest BCUT2D eigenvalue weighted by atomic mass is 9.66. The zero-order valence-electron chi connectivity index (χ0n) is 25.7. The smallest absolute Gasteiger partial charge is 0.408 e. The molecular formula is C32H48ClN3O5. The Morgan fingerprint density at radius 3 is 2.37 bits per heavy atom. The van der Waals surface area contributed by atoms with Gasteiger partial charge in [0, 0.05) is 35.0 Å². The minimum Gasteiger partial charge on any atom is -0.444 e. The van der Waals surface area contributed by atoms with Crippen LogP contribution in [-0.2, 0) is 19.9 Å². The van der Waals surface area contributed by atoms with Crippen LogP contribution in [0.25, 0.3) is 0 Å². The maximum absolute atomic E-state index is 13.8. The van der Waals surface area contributed by atoms with Crippen LogP contribution in [0.1, 0.15) is 86.1 Å². The molecule has 4 atom stereocenters. The molecule has 0 aromatic heterocycles. The molecule has 1 unspecified atom stereocenters. The van der Waals surface area contributed by atoms with Crippen LogP contribution in [0.4, 0.5) is 4.79 Å². The van der Waals surface area contributed by atoms with Gasteiger partial charge in [-0.15, -0.1) is 6.58 Å². The van der Waals surface area contributed by atoms with Crippen molar-refractivity contribution in [3.63, 3.8) is 0 Å². The van der Waals surface area contributed by atoms with Crippen LogP contribution in [0.3, 0.4) is 0 Å². The Morgan fingerprint density at radius 2 is 1.83 bits per heavy atom. The molecule has 41 heavy (non-hydrogen) atoms. The topological polar surface area (TPSA) is 108 Å². The summed E-state index contributed by atoms with van der Waals surface area (Å²) < 4.78 is 5.47. The number of benzene rings is 1. The molecule has 0 spiro atoms. The first-order valence-corrected chi connectivity index (χ1v) is 15.0. The van der Waals surface area contributed by atoms with Gasteiger partial charge < -0.3 is 25.4 Å². The number of halogens is 1. The molecule has 2 aliphatic rings. The molecule has 1 aromatic rings. The van der Waals surface area contributed by atoms with Gasteiger partial charge in [0.05, 0.1) is 5.60 Å². The number of nitrogens with zero attached hydrogens (tertiary/aromatic N) is 1. The van der Waals surface area contributed by atoms with Gasteiger partial charge in [-0.25, -0.2) is 4.79 Å². The SMILES string of the molecule is C=CCC1(NC(=O)OC(C)(C)C)CC[C@@H](C(=O)N[C@@H](C(=O)N2CC[C@](O)(c3ccc(Cl)cc3)C(C)(C)C2)C(C)C)C1. The zero-order chi connectivity index (χ0) is 30.8. The van der Waals surface area contributed by atoms with Crippen LogP contribution in [0, 0.1) is 17.3 Å². The van der Waals surface area contributed by atoms with Crippen molar-refractivity contribution in [2.75, 3.05) is 13.1 Å². The molecule has 1 heterocycles. The summed E-state index contributed by atoms with van der Waals surface area (Å²) in [6.07, 6.45) is 3.76. The molecule has 0 radical (unpaired) electrons. The van der Waals surface area contributed by atoms with Crippen LogP contribution in [0.15, 0.2) is 36.9 Å². The van der Waals surface area contributed by atoms with Gasteiger partial charge in [0.1, 0.15) is 11.6 Å². The van der Waals surface area contributed by atoms with E-state index in [1.54, 1.807) is 23.1 Å². The molecule has 0 bridgehead atoms. The second-order valence-electron chi connectivity index (χ2n) is 13.8. The lowest BCUT2D eigenvalue weighted by molar-refractivity contribution is -0.157. The van der Waals surface area contributed by atoms with Gasteiger partial charge in [-0.05, 0) is 76.5 Å². The third kappa shape index (κ3) is 7.63. The summed E-state index contributed by atoms with van der Waals surface area (Å²) in [5, 5.41) is 18.4. The minimum absolute atomic E-state index is 0.133. The molecule has 3 N–H and O–H groups in total. The van der Waals surface area contributed by atoms with Gasteiger partial charge in [-0.2, -0.15) is 0 Å². The van der Waals surface area contributed by atoms with Crippen LogP contribution in [-0.4, -0.2) is 58.2 Å². The minimum atomic E-state index is -1.12. The number of hydrogen-bond acceptors (Lipinski definition) is 5. The maximum Gasteiger partial charge on any atom is 0.408 e. The van der Waals surface area contributed by atoms with E-state index in [-0.39, 0.29) is 23.7 Å². The Bertz CT molecular complexity index is 1130. The van der Waals surface area contributed by atoms with Crippen molar-refractivity contribution in [2.24, 2.45) is 17.3 Å². The monoisotopic (exact) mass is 589 g/mol.